The largest absolute Gasteiger partial charge is 0.496 e. The van der Waals surface area contributed by atoms with Crippen LogP contribution in [0.5, 0.6) is 5.75 Å². The maximum Gasteiger partial charge on any atom is 0.222 e. The van der Waals surface area contributed by atoms with Gasteiger partial charge in [-0.3, -0.25) is 4.79 Å². The maximum atomic E-state index is 12.2. The van der Waals surface area contributed by atoms with Crippen molar-refractivity contribution < 1.29 is 14.3 Å². The van der Waals surface area contributed by atoms with Crippen molar-refractivity contribution in [2.45, 2.75) is 25.4 Å². The van der Waals surface area contributed by atoms with Gasteiger partial charge in [0.05, 0.1) is 26.4 Å². The van der Waals surface area contributed by atoms with Gasteiger partial charge in [0, 0.05) is 24.6 Å². The highest BCUT2D eigenvalue weighted by molar-refractivity contribution is 5.85. The Kier molecular flexibility index (Phi) is 8.10. The zero-order valence-corrected chi connectivity index (χ0v) is 16.6. The van der Waals surface area contributed by atoms with Gasteiger partial charge in [-0.05, 0) is 24.1 Å². The van der Waals surface area contributed by atoms with Gasteiger partial charge < -0.3 is 20.1 Å². The number of carbonyl (C=O) groups excluding carboxylic acids is 1. The second-order valence-electron chi connectivity index (χ2n) is 6.54. The summed E-state index contributed by atoms with van der Waals surface area (Å²) in [6.45, 7) is 4.11. The Morgan fingerprint density at radius 3 is 2.67 bits per heavy atom. The van der Waals surface area contributed by atoms with Gasteiger partial charge in [-0.15, -0.1) is 12.4 Å². The van der Waals surface area contributed by atoms with Crippen LogP contribution in [-0.4, -0.2) is 38.8 Å². The van der Waals surface area contributed by atoms with E-state index in [4.69, 9.17) is 9.47 Å². The van der Waals surface area contributed by atoms with E-state index in [1.54, 1.807) is 7.11 Å². The first-order chi connectivity index (χ1) is 12.7. The lowest BCUT2D eigenvalue weighted by molar-refractivity contribution is -0.122. The van der Waals surface area contributed by atoms with Crippen LogP contribution < -0.4 is 15.4 Å². The van der Waals surface area contributed by atoms with E-state index in [0.717, 1.165) is 29.0 Å². The van der Waals surface area contributed by atoms with Crippen molar-refractivity contribution in [1.82, 2.24) is 10.6 Å². The van der Waals surface area contributed by atoms with Crippen LogP contribution >= 0.6 is 12.4 Å². The third-order valence-corrected chi connectivity index (χ3v) is 4.64. The Labute approximate surface area is 166 Å². The average molecular weight is 391 g/mol. The van der Waals surface area contributed by atoms with Gasteiger partial charge in [0.25, 0.3) is 0 Å². The van der Waals surface area contributed by atoms with Crippen molar-refractivity contribution in [3.8, 4) is 16.9 Å². The van der Waals surface area contributed by atoms with Crippen LogP contribution in [0.1, 0.15) is 24.9 Å². The van der Waals surface area contributed by atoms with Crippen molar-refractivity contribution in [1.29, 1.82) is 0 Å². The number of hydrogen-bond donors (Lipinski definition) is 2. The molecular weight excluding hydrogens is 364 g/mol. The topological polar surface area (TPSA) is 59.6 Å². The van der Waals surface area contributed by atoms with E-state index in [1.807, 2.05) is 31.2 Å². The van der Waals surface area contributed by atoms with E-state index >= 15 is 0 Å². The van der Waals surface area contributed by atoms with E-state index in [-0.39, 0.29) is 30.4 Å². The lowest BCUT2D eigenvalue weighted by Gasteiger charge is -2.24. The second kappa shape index (κ2) is 10.3. The van der Waals surface area contributed by atoms with Crippen LogP contribution in [0.15, 0.2) is 48.5 Å². The summed E-state index contributed by atoms with van der Waals surface area (Å²) in [5.41, 5.74) is 3.22. The standard InChI is InChI=1S/C21H26N2O3.ClH/c1-15(23-21(24)13-18-14-26-12-11-22-18)16-7-9-17(10-8-16)19-5-3-4-6-20(19)25-2;/h3-10,15,18,22H,11-14H2,1-2H3,(H,23,24);1H. The normalized spacial score (nSPS) is 17.5. The lowest BCUT2D eigenvalue weighted by Crippen LogP contribution is -2.44. The van der Waals surface area contributed by atoms with Crippen LogP contribution in [0, 0.1) is 0 Å². The molecule has 2 atom stereocenters. The Balaban J connectivity index is 0.00000261. The molecule has 0 bridgehead atoms. The average Bonchev–Trinajstić information content (AvgIpc) is 2.68. The zero-order valence-electron chi connectivity index (χ0n) is 15.7. The summed E-state index contributed by atoms with van der Waals surface area (Å²) in [5.74, 6) is 0.887. The summed E-state index contributed by atoms with van der Waals surface area (Å²) in [5, 5.41) is 6.37. The van der Waals surface area contributed by atoms with Crippen molar-refractivity contribution >= 4 is 18.3 Å². The molecule has 1 fully saturated rings. The Morgan fingerprint density at radius 2 is 2.00 bits per heavy atom. The van der Waals surface area contributed by atoms with Gasteiger partial charge in [-0.25, -0.2) is 0 Å². The number of ether oxygens (including phenoxy) is 2. The summed E-state index contributed by atoms with van der Waals surface area (Å²) >= 11 is 0. The number of benzene rings is 2. The molecule has 0 spiro atoms. The number of rotatable bonds is 6. The molecule has 2 aromatic rings. The molecule has 1 heterocycles. The predicted octanol–water partition coefficient (Wildman–Crippen LogP) is 3.34. The zero-order chi connectivity index (χ0) is 18.4. The molecule has 1 amide bonds. The fraction of sp³-hybridized carbons (Fsp3) is 0.381. The number of halogens is 1. The summed E-state index contributed by atoms with van der Waals surface area (Å²) in [7, 11) is 1.68. The van der Waals surface area contributed by atoms with Crippen LogP contribution in [0.25, 0.3) is 11.1 Å². The fourth-order valence-corrected chi connectivity index (χ4v) is 3.19. The Morgan fingerprint density at radius 1 is 1.26 bits per heavy atom. The molecule has 1 saturated heterocycles. The number of hydrogen-bond acceptors (Lipinski definition) is 4. The van der Waals surface area contributed by atoms with Gasteiger partial charge in [0.15, 0.2) is 0 Å². The van der Waals surface area contributed by atoms with Gasteiger partial charge in [-0.1, -0.05) is 42.5 Å². The minimum absolute atomic E-state index is 0. The molecule has 6 heteroatoms. The van der Waals surface area contributed by atoms with E-state index in [2.05, 4.69) is 34.9 Å². The molecule has 2 unspecified atom stereocenters. The third-order valence-electron chi connectivity index (χ3n) is 4.64. The SMILES string of the molecule is COc1ccccc1-c1ccc(C(C)NC(=O)CC2COCCN2)cc1.Cl. The van der Waals surface area contributed by atoms with Gasteiger partial charge >= 0.3 is 0 Å². The fourth-order valence-electron chi connectivity index (χ4n) is 3.19. The summed E-state index contributed by atoms with van der Waals surface area (Å²) in [6, 6.07) is 16.2. The van der Waals surface area contributed by atoms with Crippen LogP contribution in [0.4, 0.5) is 0 Å². The van der Waals surface area contributed by atoms with Crippen LogP contribution in [-0.2, 0) is 9.53 Å². The van der Waals surface area contributed by atoms with Gasteiger partial charge in [0.2, 0.25) is 5.91 Å². The highest BCUT2D eigenvalue weighted by Crippen LogP contribution is 2.30. The molecule has 5 nitrogen and oxygen atoms in total. The highest BCUT2D eigenvalue weighted by atomic mass is 35.5. The molecule has 2 aromatic carbocycles. The number of amides is 1. The first-order valence-electron chi connectivity index (χ1n) is 9.01. The molecule has 2 N–H and O–H groups in total. The first-order valence-corrected chi connectivity index (χ1v) is 9.01. The van der Waals surface area contributed by atoms with Crippen molar-refractivity contribution in [3.05, 3.63) is 54.1 Å². The quantitative estimate of drug-likeness (QED) is 0.794. The number of morpholine rings is 1. The molecule has 146 valence electrons. The summed E-state index contributed by atoms with van der Waals surface area (Å²) < 4.78 is 10.8. The molecule has 0 radical (unpaired) electrons. The molecule has 1 aliphatic heterocycles. The monoisotopic (exact) mass is 390 g/mol. The van der Waals surface area contributed by atoms with Crippen LogP contribution in [0.2, 0.25) is 0 Å². The molecular formula is C21H27ClN2O3. The minimum Gasteiger partial charge on any atom is -0.496 e. The van der Waals surface area contributed by atoms with Crippen LogP contribution in [0.3, 0.4) is 0 Å². The third kappa shape index (κ3) is 5.70. The van der Waals surface area contributed by atoms with Gasteiger partial charge in [-0.2, -0.15) is 0 Å². The maximum absolute atomic E-state index is 12.2. The molecule has 3 rings (SSSR count). The van der Waals surface area contributed by atoms with E-state index in [9.17, 15) is 4.79 Å². The summed E-state index contributed by atoms with van der Waals surface area (Å²) in [6.07, 6.45) is 0.434. The summed E-state index contributed by atoms with van der Waals surface area (Å²) in [4.78, 5) is 12.2. The first kappa shape index (κ1) is 21.2. The van der Waals surface area contributed by atoms with E-state index in [1.165, 1.54) is 0 Å². The van der Waals surface area contributed by atoms with Crippen molar-refractivity contribution in [3.63, 3.8) is 0 Å². The molecule has 27 heavy (non-hydrogen) atoms. The molecule has 0 aliphatic carbocycles. The number of nitrogens with one attached hydrogen (secondary N) is 2. The molecule has 0 saturated carbocycles. The smallest absolute Gasteiger partial charge is 0.222 e. The van der Waals surface area contributed by atoms with Crippen molar-refractivity contribution in [2.75, 3.05) is 26.9 Å². The number of carbonyl (C=O) groups is 1. The van der Waals surface area contributed by atoms with Crippen molar-refractivity contribution in [2.24, 2.45) is 0 Å². The predicted molar refractivity (Wildman–Crippen MR) is 109 cm³/mol. The second-order valence-corrected chi connectivity index (χ2v) is 6.54. The Hall–Kier alpha value is -2.08. The minimum atomic E-state index is -0.0428. The molecule has 0 aromatic heterocycles. The Bertz CT molecular complexity index is 730. The number of para-hydroxylation sites is 1. The highest BCUT2D eigenvalue weighted by Gasteiger charge is 2.18. The van der Waals surface area contributed by atoms with E-state index in [0.29, 0.717) is 19.6 Å². The van der Waals surface area contributed by atoms with Gasteiger partial charge in [0.1, 0.15) is 5.75 Å². The lowest BCUT2D eigenvalue weighted by atomic mass is 10.0. The molecule has 1 aliphatic rings. The number of methoxy groups -OCH3 is 1. The van der Waals surface area contributed by atoms with E-state index < -0.39 is 0 Å².